The lowest BCUT2D eigenvalue weighted by Gasteiger charge is -2.13. The lowest BCUT2D eigenvalue weighted by Crippen LogP contribution is -2.27. The first-order valence-electron chi connectivity index (χ1n) is 5.21. The van der Waals surface area contributed by atoms with Gasteiger partial charge in [0.05, 0.1) is 12.5 Å². The van der Waals surface area contributed by atoms with Crippen molar-refractivity contribution in [2.45, 2.75) is 32.4 Å². The molecule has 1 atom stereocenters. The van der Waals surface area contributed by atoms with E-state index in [4.69, 9.17) is 16.9 Å². The zero-order valence-electron chi connectivity index (χ0n) is 9.13. The van der Waals surface area contributed by atoms with Crippen LogP contribution in [0.3, 0.4) is 0 Å². The summed E-state index contributed by atoms with van der Waals surface area (Å²) in [6.07, 6.45) is 1.29. The Labute approximate surface area is 100 Å². The molecule has 1 unspecified atom stereocenters. The number of benzene rings is 1. The Kier molecular flexibility index (Phi) is 5.24. The second-order valence-corrected chi connectivity index (χ2v) is 4.02. The first kappa shape index (κ1) is 13.0. The van der Waals surface area contributed by atoms with Crippen molar-refractivity contribution in [1.82, 2.24) is 5.32 Å². The van der Waals surface area contributed by atoms with Gasteiger partial charge in [-0.1, -0.05) is 24.6 Å². The van der Waals surface area contributed by atoms with Crippen LogP contribution in [-0.2, 0) is 6.54 Å². The Hall–Kier alpha value is -1.11. The molecular weight excluding hydrogens is 227 g/mol. The molecule has 0 aliphatic carbocycles. The molecule has 1 aromatic rings. The maximum Gasteiger partial charge on any atom is 0.129 e. The molecular formula is C12H14ClFN2. The molecule has 0 bridgehead atoms. The van der Waals surface area contributed by atoms with Crippen LogP contribution >= 0.6 is 11.6 Å². The molecule has 0 fully saturated rings. The molecule has 0 heterocycles. The fraction of sp³-hybridized carbons (Fsp3) is 0.417. The highest BCUT2D eigenvalue weighted by atomic mass is 35.5. The van der Waals surface area contributed by atoms with E-state index >= 15 is 0 Å². The van der Waals surface area contributed by atoms with Gasteiger partial charge in [-0.25, -0.2) is 4.39 Å². The largest absolute Gasteiger partial charge is 0.309 e. The van der Waals surface area contributed by atoms with E-state index in [1.54, 1.807) is 12.1 Å². The van der Waals surface area contributed by atoms with E-state index < -0.39 is 0 Å². The summed E-state index contributed by atoms with van der Waals surface area (Å²) >= 11 is 5.65. The van der Waals surface area contributed by atoms with Gasteiger partial charge < -0.3 is 5.32 Å². The van der Waals surface area contributed by atoms with Crippen LogP contribution in [0.1, 0.15) is 25.3 Å². The van der Waals surface area contributed by atoms with Gasteiger partial charge in [-0.05, 0) is 18.6 Å². The molecule has 86 valence electrons. The SMILES string of the molecule is CCC(CC#N)NCc1ccc(Cl)cc1F. The van der Waals surface area contributed by atoms with Crippen molar-refractivity contribution in [3.8, 4) is 6.07 Å². The van der Waals surface area contributed by atoms with E-state index in [-0.39, 0.29) is 11.9 Å². The molecule has 1 rings (SSSR count). The summed E-state index contributed by atoms with van der Waals surface area (Å²) < 4.78 is 13.4. The molecule has 1 N–H and O–H groups in total. The van der Waals surface area contributed by atoms with E-state index in [0.29, 0.717) is 23.6 Å². The van der Waals surface area contributed by atoms with Gasteiger partial charge >= 0.3 is 0 Å². The average Bonchev–Trinajstić information content (AvgIpc) is 2.26. The van der Waals surface area contributed by atoms with Crippen LogP contribution in [-0.4, -0.2) is 6.04 Å². The predicted octanol–water partition coefficient (Wildman–Crippen LogP) is 3.26. The molecule has 0 aliphatic heterocycles. The van der Waals surface area contributed by atoms with Gasteiger partial charge in [0.25, 0.3) is 0 Å². The van der Waals surface area contributed by atoms with Crippen molar-refractivity contribution in [1.29, 1.82) is 5.26 Å². The van der Waals surface area contributed by atoms with Crippen molar-refractivity contribution in [3.05, 3.63) is 34.6 Å². The minimum atomic E-state index is -0.313. The Morgan fingerprint density at radius 1 is 1.56 bits per heavy atom. The number of hydrogen-bond donors (Lipinski definition) is 1. The lowest BCUT2D eigenvalue weighted by atomic mass is 10.1. The van der Waals surface area contributed by atoms with Crippen LogP contribution < -0.4 is 5.32 Å². The van der Waals surface area contributed by atoms with Crippen molar-refractivity contribution in [2.75, 3.05) is 0 Å². The van der Waals surface area contributed by atoms with Gasteiger partial charge in [0.2, 0.25) is 0 Å². The monoisotopic (exact) mass is 240 g/mol. The molecule has 0 aromatic heterocycles. The van der Waals surface area contributed by atoms with E-state index in [1.165, 1.54) is 6.07 Å². The topological polar surface area (TPSA) is 35.8 Å². The van der Waals surface area contributed by atoms with E-state index in [0.717, 1.165) is 6.42 Å². The van der Waals surface area contributed by atoms with Gasteiger partial charge in [-0.2, -0.15) is 5.26 Å². The van der Waals surface area contributed by atoms with Crippen LogP contribution in [0.25, 0.3) is 0 Å². The normalized spacial score (nSPS) is 12.1. The van der Waals surface area contributed by atoms with E-state index in [9.17, 15) is 4.39 Å². The molecule has 0 saturated carbocycles. The minimum absolute atomic E-state index is 0.111. The van der Waals surface area contributed by atoms with Crippen molar-refractivity contribution >= 4 is 11.6 Å². The van der Waals surface area contributed by atoms with Gasteiger partial charge in [-0.15, -0.1) is 0 Å². The minimum Gasteiger partial charge on any atom is -0.309 e. The summed E-state index contributed by atoms with van der Waals surface area (Å²) in [5.74, 6) is -0.313. The van der Waals surface area contributed by atoms with Crippen molar-refractivity contribution in [3.63, 3.8) is 0 Å². The third kappa shape index (κ3) is 3.80. The Bertz CT molecular complexity index is 387. The third-order valence-corrected chi connectivity index (χ3v) is 2.66. The van der Waals surface area contributed by atoms with Crippen LogP contribution in [0.15, 0.2) is 18.2 Å². The highest BCUT2D eigenvalue weighted by Gasteiger charge is 2.07. The second kappa shape index (κ2) is 6.47. The molecule has 0 spiro atoms. The van der Waals surface area contributed by atoms with Crippen molar-refractivity contribution in [2.24, 2.45) is 0 Å². The Morgan fingerprint density at radius 3 is 2.88 bits per heavy atom. The van der Waals surface area contributed by atoms with E-state index in [1.807, 2.05) is 6.92 Å². The van der Waals surface area contributed by atoms with Crippen LogP contribution in [0.4, 0.5) is 4.39 Å². The number of halogens is 2. The maximum absolute atomic E-state index is 13.4. The number of nitrogens with zero attached hydrogens (tertiary/aromatic N) is 1. The average molecular weight is 241 g/mol. The van der Waals surface area contributed by atoms with Gasteiger partial charge in [-0.3, -0.25) is 0 Å². The summed E-state index contributed by atoms with van der Waals surface area (Å²) in [6, 6.07) is 6.82. The molecule has 0 saturated heterocycles. The fourth-order valence-electron chi connectivity index (χ4n) is 1.39. The summed E-state index contributed by atoms with van der Waals surface area (Å²) in [5.41, 5.74) is 0.570. The van der Waals surface area contributed by atoms with Crippen LogP contribution in [0, 0.1) is 17.1 Å². The highest BCUT2D eigenvalue weighted by molar-refractivity contribution is 6.30. The summed E-state index contributed by atoms with van der Waals surface area (Å²) in [4.78, 5) is 0. The Balaban J connectivity index is 2.57. The number of hydrogen-bond acceptors (Lipinski definition) is 2. The summed E-state index contributed by atoms with van der Waals surface area (Å²) in [7, 11) is 0. The third-order valence-electron chi connectivity index (χ3n) is 2.43. The number of rotatable bonds is 5. The predicted molar refractivity (Wildman–Crippen MR) is 62.6 cm³/mol. The highest BCUT2D eigenvalue weighted by Crippen LogP contribution is 2.14. The van der Waals surface area contributed by atoms with E-state index in [2.05, 4.69) is 11.4 Å². The zero-order chi connectivity index (χ0) is 12.0. The summed E-state index contributed by atoms with van der Waals surface area (Å²) in [6.45, 7) is 2.41. The molecule has 0 aliphatic rings. The van der Waals surface area contributed by atoms with Gasteiger partial charge in [0.1, 0.15) is 5.82 Å². The zero-order valence-corrected chi connectivity index (χ0v) is 9.89. The molecule has 0 radical (unpaired) electrons. The molecule has 4 heteroatoms. The number of nitriles is 1. The van der Waals surface area contributed by atoms with Crippen molar-refractivity contribution < 1.29 is 4.39 Å². The van der Waals surface area contributed by atoms with Gasteiger partial charge in [0.15, 0.2) is 0 Å². The quantitative estimate of drug-likeness (QED) is 0.858. The Morgan fingerprint density at radius 2 is 2.31 bits per heavy atom. The van der Waals surface area contributed by atoms with Gasteiger partial charge in [0, 0.05) is 23.2 Å². The molecule has 1 aromatic carbocycles. The summed E-state index contributed by atoms with van der Waals surface area (Å²) in [5, 5.41) is 12.1. The number of nitrogens with one attached hydrogen (secondary N) is 1. The second-order valence-electron chi connectivity index (χ2n) is 3.58. The molecule has 16 heavy (non-hydrogen) atoms. The standard InChI is InChI=1S/C12H14ClFN2/c1-2-11(5-6-15)16-8-9-3-4-10(13)7-12(9)14/h3-4,7,11,16H,2,5,8H2,1H3. The molecule has 0 amide bonds. The first-order chi connectivity index (χ1) is 7.67. The molecule has 2 nitrogen and oxygen atoms in total. The van der Waals surface area contributed by atoms with Crippen LogP contribution in [0.5, 0.6) is 0 Å². The van der Waals surface area contributed by atoms with Crippen LogP contribution in [0.2, 0.25) is 5.02 Å². The maximum atomic E-state index is 13.4. The smallest absolute Gasteiger partial charge is 0.129 e. The lowest BCUT2D eigenvalue weighted by molar-refractivity contribution is 0.493. The first-order valence-corrected chi connectivity index (χ1v) is 5.59. The fourth-order valence-corrected chi connectivity index (χ4v) is 1.55.